The first kappa shape index (κ1) is 20.4. The first-order valence-electron chi connectivity index (χ1n) is 10.5. The number of rotatable bonds is 5. The number of hydrogen-bond acceptors (Lipinski definition) is 4. The maximum atomic E-state index is 12.6. The van der Waals surface area contributed by atoms with Crippen molar-refractivity contribution in [1.29, 1.82) is 0 Å². The Kier molecular flexibility index (Phi) is 5.52. The average molecular weight is 408 g/mol. The second-order valence-corrected chi connectivity index (χ2v) is 8.47. The Morgan fingerprint density at radius 3 is 2.10 bits per heavy atom. The van der Waals surface area contributed by atoms with Crippen LogP contribution in [0, 0.1) is 0 Å². The van der Waals surface area contributed by atoms with Crippen LogP contribution in [0.2, 0.25) is 0 Å². The number of carboxylic acid groups (broad SMARTS) is 1. The minimum absolute atomic E-state index is 0.0493. The highest BCUT2D eigenvalue weighted by Gasteiger charge is 2.44. The third kappa shape index (κ3) is 3.67. The second kappa shape index (κ2) is 8.11. The van der Waals surface area contributed by atoms with Gasteiger partial charge in [0.1, 0.15) is 12.1 Å². The van der Waals surface area contributed by atoms with E-state index in [-0.39, 0.29) is 12.5 Å². The topological polar surface area (TPSA) is 78.9 Å². The van der Waals surface area contributed by atoms with E-state index in [0.29, 0.717) is 32.0 Å². The molecule has 30 heavy (non-hydrogen) atoms. The van der Waals surface area contributed by atoms with Crippen molar-refractivity contribution in [1.82, 2.24) is 10.2 Å². The zero-order valence-corrected chi connectivity index (χ0v) is 17.4. The van der Waals surface area contributed by atoms with Crippen molar-refractivity contribution in [2.75, 3.05) is 19.7 Å². The van der Waals surface area contributed by atoms with Crippen molar-refractivity contribution >= 4 is 12.1 Å². The monoisotopic (exact) mass is 408 g/mol. The Hall–Kier alpha value is -2.86. The molecule has 1 saturated heterocycles. The van der Waals surface area contributed by atoms with Crippen LogP contribution in [0.5, 0.6) is 0 Å². The largest absolute Gasteiger partial charge is 0.480 e. The van der Waals surface area contributed by atoms with Gasteiger partial charge in [0.25, 0.3) is 0 Å². The van der Waals surface area contributed by atoms with Crippen LogP contribution in [0.3, 0.4) is 0 Å². The SMILES string of the molecule is CC(C)N1CCC(NC(=O)OCC2c3ccccc3-c3ccccc32)(C(=O)O)CC1. The molecule has 6 heteroatoms. The van der Waals surface area contributed by atoms with Crippen LogP contribution in [0.25, 0.3) is 11.1 Å². The molecule has 0 bridgehead atoms. The Bertz CT molecular complexity index is 902. The molecule has 2 aromatic rings. The maximum Gasteiger partial charge on any atom is 0.408 e. The third-order valence-electron chi connectivity index (χ3n) is 6.48. The molecule has 6 nitrogen and oxygen atoms in total. The first-order valence-corrected chi connectivity index (χ1v) is 10.5. The molecular formula is C24H28N2O4. The van der Waals surface area contributed by atoms with Gasteiger partial charge in [-0.15, -0.1) is 0 Å². The second-order valence-electron chi connectivity index (χ2n) is 8.47. The van der Waals surface area contributed by atoms with Gasteiger partial charge in [0, 0.05) is 25.0 Å². The Balaban J connectivity index is 1.44. The van der Waals surface area contributed by atoms with E-state index in [1.165, 1.54) is 0 Å². The number of carbonyl (C=O) groups is 2. The van der Waals surface area contributed by atoms with Crippen LogP contribution in [-0.4, -0.2) is 53.3 Å². The van der Waals surface area contributed by atoms with E-state index in [0.717, 1.165) is 22.3 Å². The molecule has 4 rings (SSSR count). The summed E-state index contributed by atoms with van der Waals surface area (Å²) >= 11 is 0. The van der Waals surface area contributed by atoms with E-state index in [4.69, 9.17) is 4.74 Å². The summed E-state index contributed by atoms with van der Waals surface area (Å²) in [5.41, 5.74) is 3.30. The van der Waals surface area contributed by atoms with Crippen LogP contribution in [0.15, 0.2) is 48.5 Å². The van der Waals surface area contributed by atoms with E-state index < -0.39 is 17.6 Å². The number of carboxylic acids is 1. The van der Waals surface area contributed by atoms with Crippen LogP contribution in [0.1, 0.15) is 43.7 Å². The van der Waals surface area contributed by atoms with Crippen molar-refractivity contribution in [3.63, 3.8) is 0 Å². The van der Waals surface area contributed by atoms with Gasteiger partial charge in [0.2, 0.25) is 0 Å². The standard InChI is InChI=1S/C24H28N2O4/c1-16(2)26-13-11-24(12-14-26,22(27)28)25-23(29)30-15-21-19-9-5-3-7-17(19)18-8-4-6-10-20(18)21/h3-10,16,21H,11-15H2,1-2H3,(H,25,29)(H,27,28). The van der Waals surface area contributed by atoms with Crippen LogP contribution < -0.4 is 5.32 Å². The summed E-state index contributed by atoms with van der Waals surface area (Å²) < 4.78 is 5.56. The van der Waals surface area contributed by atoms with Crippen LogP contribution in [-0.2, 0) is 9.53 Å². The zero-order valence-electron chi connectivity index (χ0n) is 17.4. The van der Waals surface area contributed by atoms with Gasteiger partial charge < -0.3 is 20.1 Å². The maximum absolute atomic E-state index is 12.6. The van der Waals surface area contributed by atoms with Gasteiger partial charge in [-0.05, 0) is 48.9 Å². The molecule has 1 amide bonds. The molecule has 2 N–H and O–H groups in total. The highest BCUT2D eigenvalue weighted by atomic mass is 16.5. The number of carbonyl (C=O) groups excluding carboxylic acids is 1. The molecule has 1 aliphatic carbocycles. The van der Waals surface area contributed by atoms with Crippen LogP contribution in [0.4, 0.5) is 4.79 Å². The number of aliphatic carboxylic acids is 1. The van der Waals surface area contributed by atoms with E-state index in [9.17, 15) is 14.7 Å². The van der Waals surface area contributed by atoms with Crippen LogP contribution >= 0.6 is 0 Å². The number of amides is 1. The lowest BCUT2D eigenvalue weighted by atomic mass is 9.87. The van der Waals surface area contributed by atoms with E-state index in [1.54, 1.807) is 0 Å². The summed E-state index contributed by atoms with van der Waals surface area (Å²) in [5.74, 6) is -1.05. The smallest absolute Gasteiger partial charge is 0.408 e. The lowest BCUT2D eigenvalue weighted by molar-refractivity contribution is -0.147. The molecule has 1 fully saturated rings. The lowest BCUT2D eigenvalue weighted by Crippen LogP contribution is -2.60. The summed E-state index contributed by atoms with van der Waals surface area (Å²) in [5, 5.41) is 12.5. The number of hydrogen-bond donors (Lipinski definition) is 2. The molecule has 0 aromatic heterocycles. The van der Waals surface area contributed by atoms with Gasteiger partial charge in [-0.25, -0.2) is 9.59 Å². The number of ether oxygens (including phenoxy) is 1. The fraction of sp³-hybridized carbons (Fsp3) is 0.417. The summed E-state index contributed by atoms with van der Waals surface area (Å²) in [6.07, 6.45) is 0.0624. The number of piperidine rings is 1. The molecule has 0 spiro atoms. The van der Waals surface area contributed by atoms with Crippen molar-refractivity contribution in [3.05, 3.63) is 59.7 Å². The summed E-state index contributed by atoms with van der Waals surface area (Å²) in [6, 6.07) is 16.6. The normalized spacial score (nSPS) is 18.0. The number of benzene rings is 2. The minimum Gasteiger partial charge on any atom is -0.480 e. The number of nitrogens with zero attached hydrogens (tertiary/aromatic N) is 1. The predicted molar refractivity (Wildman–Crippen MR) is 115 cm³/mol. The van der Waals surface area contributed by atoms with Gasteiger partial charge in [-0.1, -0.05) is 48.5 Å². The molecule has 1 aliphatic heterocycles. The zero-order chi connectivity index (χ0) is 21.3. The molecule has 1 heterocycles. The van der Waals surface area contributed by atoms with Crippen molar-refractivity contribution < 1.29 is 19.4 Å². The predicted octanol–water partition coefficient (Wildman–Crippen LogP) is 3.85. The van der Waals surface area contributed by atoms with Crippen molar-refractivity contribution in [2.45, 2.75) is 44.2 Å². The fourth-order valence-electron chi connectivity index (χ4n) is 4.64. The highest BCUT2D eigenvalue weighted by Crippen LogP contribution is 2.44. The number of nitrogens with one attached hydrogen (secondary N) is 1. The molecule has 0 saturated carbocycles. The van der Waals surface area contributed by atoms with E-state index in [2.05, 4.69) is 48.3 Å². The fourth-order valence-corrected chi connectivity index (χ4v) is 4.64. The lowest BCUT2D eigenvalue weighted by Gasteiger charge is -2.40. The highest BCUT2D eigenvalue weighted by molar-refractivity contribution is 5.85. The van der Waals surface area contributed by atoms with Gasteiger partial charge >= 0.3 is 12.1 Å². The van der Waals surface area contributed by atoms with Crippen molar-refractivity contribution in [2.24, 2.45) is 0 Å². The van der Waals surface area contributed by atoms with Gasteiger partial charge in [0.05, 0.1) is 0 Å². The molecule has 0 atom stereocenters. The Morgan fingerprint density at radius 2 is 1.60 bits per heavy atom. The van der Waals surface area contributed by atoms with Gasteiger partial charge in [-0.2, -0.15) is 0 Å². The quantitative estimate of drug-likeness (QED) is 0.786. The Morgan fingerprint density at radius 1 is 1.07 bits per heavy atom. The number of alkyl carbamates (subject to hydrolysis) is 1. The van der Waals surface area contributed by atoms with E-state index in [1.807, 2.05) is 24.3 Å². The van der Waals surface area contributed by atoms with E-state index >= 15 is 0 Å². The molecule has 0 radical (unpaired) electrons. The summed E-state index contributed by atoms with van der Waals surface area (Å²) in [7, 11) is 0. The summed E-state index contributed by atoms with van der Waals surface area (Å²) in [6.45, 7) is 5.62. The van der Waals surface area contributed by atoms with Gasteiger partial charge in [-0.3, -0.25) is 0 Å². The third-order valence-corrected chi connectivity index (χ3v) is 6.48. The summed E-state index contributed by atoms with van der Waals surface area (Å²) in [4.78, 5) is 26.8. The molecule has 0 unspecified atom stereocenters. The number of likely N-dealkylation sites (tertiary alicyclic amines) is 1. The minimum atomic E-state index is -1.27. The molecule has 2 aliphatic rings. The van der Waals surface area contributed by atoms with Crippen molar-refractivity contribution in [3.8, 4) is 11.1 Å². The molecule has 2 aromatic carbocycles. The molecule has 158 valence electrons. The molecular weight excluding hydrogens is 380 g/mol. The van der Waals surface area contributed by atoms with Gasteiger partial charge in [0.15, 0.2) is 0 Å². The Labute approximate surface area is 176 Å². The number of fused-ring (bicyclic) bond motifs is 3. The average Bonchev–Trinajstić information content (AvgIpc) is 3.06. The first-order chi connectivity index (χ1) is 14.4.